The molecule has 0 bridgehead atoms. The summed E-state index contributed by atoms with van der Waals surface area (Å²) in [5, 5.41) is 0. The predicted octanol–water partition coefficient (Wildman–Crippen LogP) is 3.22. The summed E-state index contributed by atoms with van der Waals surface area (Å²) in [5.41, 5.74) is 0. The number of hydrogen-bond acceptors (Lipinski definition) is 3. The predicted molar refractivity (Wildman–Crippen MR) is 61.7 cm³/mol. The molecule has 1 fully saturated rings. The monoisotopic (exact) mass is 318 g/mol. The van der Waals surface area contributed by atoms with Crippen LogP contribution in [0.5, 0.6) is 0 Å². The number of halogens is 1. The quantitative estimate of drug-likeness (QED) is 0.454. The van der Waals surface area contributed by atoms with Crippen molar-refractivity contribution in [3.05, 3.63) is 0 Å². The molecule has 78 valence electrons. The molecule has 0 unspecified atom stereocenters. The first-order valence-electron chi connectivity index (χ1n) is 4.68. The van der Waals surface area contributed by atoms with Gasteiger partial charge in [-0.2, -0.15) is 0 Å². The molecule has 1 heterocycles. The van der Waals surface area contributed by atoms with Crippen molar-refractivity contribution in [1.29, 1.82) is 0 Å². The summed E-state index contributed by atoms with van der Waals surface area (Å²) in [6, 6.07) is 0. The van der Waals surface area contributed by atoms with Crippen molar-refractivity contribution in [3.63, 3.8) is 0 Å². The molecular weight excluding hydrogens is 302 g/mol. The Morgan fingerprint density at radius 3 is 3.08 bits per heavy atom. The lowest BCUT2D eigenvalue weighted by Crippen LogP contribution is -2.20. The van der Waals surface area contributed by atoms with E-state index in [-0.39, 0.29) is 6.10 Å². The lowest BCUT2D eigenvalue weighted by atomic mass is 10.2. The maximum Gasteiger partial charge on any atom is 0.330 e. The fourth-order valence-electron chi connectivity index (χ4n) is 1.28. The van der Waals surface area contributed by atoms with E-state index in [0.29, 0.717) is 12.8 Å². The minimum atomic E-state index is -2.71. The van der Waals surface area contributed by atoms with Gasteiger partial charge in [-0.05, 0) is 19.3 Å². The van der Waals surface area contributed by atoms with E-state index in [1.807, 2.05) is 6.92 Å². The molecule has 0 aromatic rings. The van der Waals surface area contributed by atoms with E-state index in [4.69, 9.17) is 9.05 Å². The molecule has 0 aromatic heterocycles. The third-order valence-electron chi connectivity index (χ3n) is 1.93. The number of rotatable bonds is 4. The van der Waals surface area contributed by atoms with Gasteiger partial charge in [0.15, 0.2) is 0 Å². The molecule has 0 N–H and O–H groups in total. The first-order chi connectivity index (χ1) is 6.20. The average Bonchev–Trinajstić information content (AvgIpc) is 2.15. The fraction of sp³-hybridized carbons (Fsp3) is 1.00. The van der Waals surface area contributed by atoms with Crippen molar-refractivity contribution in [2.75, 3.05) is 17.2 Å². The Hall–Kier alpha value is 0.880. The van der Waals surface area contributed by atoms with Crippen molar-refractivity contribution in [3.8, 4) is 0 Å². The maximum absolute atomic E-state index is 11.9. The Bertz CT molecular complexity index is 198. The van der Waals surface area contributed by atoms with E-state index in [2.05, 4.69) is 22.6 Å². The molecule has 1 saturated heterocycles. The summed E-state index contributed by atoms with van der Waals surface area (Å²) in [7, 11) is -2.71. The third kappa shape index (κ3) is 3.86. The molecule has 0 saturated carbocycles. The first kappa shape index (κ1) is 12.0. The molecule has 1 aliphatic heterocycles. The van der Waals surface area contributed by atoms with Crippen molar-refractivity contribution in [1.82, 2.24) is 0 Å². The van der Waals surface area contributed by atoms with E-state index in [1.54, 1.807) is 0 Å². The van der Waals surface area contributed by atoms with Crippen LogP contribution in [0.25, 0.3) is 0 Å². The second-order valence-electron chi connectivity index (χ2n) is 3.19. The zero-order valence-electron chi connectivity index (χ0n) is 7.87. The number of hydrogen-bond donors (Lipinski definition) is 0. The molecule has 0 spiro atoms. The maximum atomic E-state index is 11.9. The van der Waals surface area contributed by atoms with Crippen LogP contribution >= 0.6 is 30.2 Å². The highest BCUT2D eigenvalue weighted by Crippen LogP contribution is 2.53. The largest absolute Gasteiger partial charge is 0.330 e. The van der Waals surface area contributed by atoms with Crippen molar-refractivity contribution < 1.29 is 13.6 Å². The average molecular weight is 318 g/mol. The number of alkyl halides is 1. The van der Waals surface area contributed by atoms with Crippen LogP contribution in [0.2, 0.25) is 0 Å². The zero-order valence-corrected chi connectivity index (χ0v) is 10.9. The molecule has 1 rings (SSSR count). The fourth-order valence-corrected chi connectivity index (χ4v) is 4.14. The zero-order chi connectivity index (χ0) is 9.73. The van der Waals surface area contributed by atoms with Crippen LogP contribution in [-0.2, 0) is 13.6 Å². The molecule has 2 atom stereocenters. The van der Waals surface area contributed by atoms with Crippen LogP contribution in [0.1, 0.15) is 26.2 Å². The van der Waals surface area contributed by atoms with E-state index >= 15 is 0 Å². The highest BCUT2D eigenvalue weighted by atomic mass is 127. The Kier molecular flexibility index (Phi) is 5.23. The minimum Gasteiger partial charge on any atom is -0.309 e. The summed E-state index contributed by atoms with van der Waals surface area (Å²) in [4.78, 5) is 0. The topological polar surface area (TPSA) is 35.5 Å². The smallest absolute Gasteiger partial charge is 0.309 e. The molecule has 5 heteroatoms. The van der Waals surface area contributed by atoms with E-state index in [1.165, 1.54) is 0 Å². The minimum absolute atomic E-state index is 0.136. The van der Waals surface area contributed by atoms with Gasteiger partial charge in [0.25, 0.3) is 0 Å². The van der Waals surface area contributed by atoms with E-state index < -0.39 is 7.60 Å². The summed E-state index contributed by atoms with van der Waals surface area (Å²) in [6.45, 7) is 2.55. The second-order valence-corrected chi connectivity index (χ2v) is 6.21. The Morgan fingerprint density at radius 1 is 1.69 bits per heavy atom. The standard InChI is InChI=1S/C8H16IO3P/c1-2-5-11-13(10)6-3-4-8(7-9)12-13/h8H,2-7H2,1H3/t8-,13+/m0/s1. The molecule has 0 amide bonds. The van der Waals surface area contributed by atoms with Gasteiger partial charge in [-0.25, -0.2) is 0 Å². The highest BCUT2D eigenvalue weighted by molar-refractivity contribution is 14.1. The lowest BCUT2D eigenvalue weighted by Gasteiger charge is -2.28. The van der Waals surface area contributed by atoms with Crippen molar-refractivity contribution in [2.24, 2.45) is 0 Å². The van der Waals surface area contributed by atoms with Gasteiger partial charge in [0.05, 0.1) is 18.9 Å². The van der Waals surface area contributed by atoms with Gasteiger partial charge in [-0.1, -0.05) is 29.5 Å². The van der Waals surface area contributed by atoms with Crippen molar-refractivity contribution in [2.45, 2.75) is 32.3 Å². The Labute approximate surface area is 93.2 Å². The normalized spacial score (nSPS) is 34.8. The molecule has 0 radical (unpaired) electrons. The third-order valence-corrected chi connectivity index (χ3v) is 4.97. The molecule has 0 aromatic carbocycles. The van der Waals surface area contributed by atoms with Gasteiger partial charge < -0.3 is 9.05 Å². The van der Waals surface area contributed by atoms with Crippen LogP contribution in [0.4, 0.5) is 0 Å². The van der Waals surface area contributed by atoms with Crippen LogP contribution in [0.3, 0.4) is 0 Å². The van der Waals surface area contributed by atoms with Gasteiger partial charge in [0.1, 0.15) is 0 Å². The van der Waals surface area contributed by atoms with E-state index in [9.17, 15) is 4.57 Å². The summed E-state index contributed by atoms with van der Waals surface area (Å²) in [6.07, 6.45) is 3.61. The Balaban J connectivity index is 2.43. The summed E-state index contributed by atoms with van der Waals surface area (Å²) in [5.74, 6) is 0. The second kappa shape index (κ2) is 5.69. The lowest BCUT2D eigenvalue weighted by molar-refractivity contribution is 0.139. The first-order valence-corrected chi connectivity index (χ1v) is 7.93. The van der Waals surface area contributed by atoms with Gasteiger partial charge in [0.2, 0.25) is 0 Å². The SMILES string of the molecule is CCCO[P@]1(=O)CCC[C@@H](CI)O1. The molecule has 0 aliphatic carbocycles. The Morgan fingerprint density at radius 2 is 2.46 bits per heavy atom. The summed E-state index contributed by atoms with van der Waals surface area (Å²) >= 11 is 2.26. The molecule has 3 nitrogen and oxygen atoms in total. The highest BCUT2D eigenvalue weighted by Gasteiger charge is 2.32. The molecule has 1 aliphatic rings. The molecular formula is C8H16IO3P. The van der Waals surface area contributed by atoms with E-state index in [0.717, 1.165) is 23.7 Å². The van der Waals surface area contributed by atoms with Crippen LogP contribution in [0, 0.1) is 0 Å². The van der Waals surface area contributed by atoms with Crippen molar-refractivity contribution >= 4 is 30.2 Å². The van der Waals surface area contributed by atoms with Crippen LogP contribution in [0.15, 0.2) is 0 Å². The van der Waals surface area contributed by atoms with Gasteiger partial charge in [-0.3, -0.25) is 4.57 Å². The summed E-state index contributed by atoms with van der Waals surface area (Å²) < 4.78 is 23.5. The van der Waals surface area contributed by atoms with Gasteiger partial charge >= 0.3 is 7.60 Å². The van der Waals surface area contributed by atoms with Gasteiger partial charge in [-0.15, -0.1) is 0 Å². The van der Waals surface area contributed by atoms with Crippen LogP contribution in [-0.4, -0.2) is 23.3 Å². The molecule has 13 heavy (non-hydrogen) atoms. The van der Waals surface area contributed by atoms with Gasteiger partial charge in [0, 0.05) is 4.43 Å². The van der Waals surface area contributed by atoms with Crippen LogP contribution < -0.4 is 0 Å².